The van der Waals surface area contributed by atoms with Crippen LogP contribution < -0.4 is 5.32 Å². The fourth-order valence-corrected chi connectivity index (χ4v) is 5.27. The average Bonchev–Trinajstić information content (AvgIpc) is 2.79. The van der Waals surface area contributed by atoms with E-state index in [1.54, 1.807) is 0 Å². The molecule has 1 nitrogen and oxygen atoms in total. The van der Waals surface area contributed by atoms with Crippen LogP contribution in [0.25, 0.3) is 32.3 Å². The molecule has 0 unspecified atom stereocenters. The van der Waals surface area contributed by atoms with E-state index < -0.39 is 0 Å². The van der Waals surface area contributed by atoms with Gasteiger partial charge < -0.3 is 5.32 Å². The molecule has 1 aliphatic carbocycles. The summed E-state index contributed by atoms with van der Waals surface area (Å²) in [6.07, 6.45) is 6.87. The first-order valence-electron chi connectivity index (χ1n) is 10.9. The number of hydrogen-bond donors (Lipinski definition) is 1. The molecule has 1 N–H and O–H groups in total. The molecule has 1 fully saturated rings. The van der Waals surface area contributed by atoms with Crippen LogP contribution >= 0.6 is 0 Å². The van der Waals surface area contributed by atoms with Gasteiger partial charge in [-0.2, -0.15) is 0 Å². The Morgan fingerprint density at radius 3 is 2.00 bits per heavy atom. The highest BCUT2D eigenvalue weighted by Crippen LogP contribution is 2.39. The second kappa shape index (κ2) is 6.77. The van der Waals surface area contributed by atoms with Gasteiger partial charge in [-0.15, -0.1) is 0 Å². The minimum Gasteiger partial charge on any atom is -0.355 e. The van der Waals surface area contributed by atoms with Gasteiger partial charge in [-0.1, -0.05) is 79.9 Å². The molecule has 0 saturated heterocycles. The van der Waals surface area contributed by atoms with E-state index >= 15 is 0 Å². The second-order valence-electron chi connectivity index (χ2n) is 8.55. The predicted octanol–water partition coefficient (Wildman–Crippen LogP) is 8.38. The molecular formula is C28H25N. The van der Waals surface area contributed by atoms with E-state index in [1.165, 1.54) is 81.4 Å². The molecular weight excluding hydrogens is 350 g/mol. The second-order valence-corrected chi connectivity index (χ2v) is 8.55. The first kappa shape index (κ1) is 16.9. The van der Waals surface area contributed by atoms with Crippen molar-refractivity contribution in [1.82, 2.24) is 0 Å². The quantitative estimate of drug-likeness (QED) is 0.312. The van der Waals surface area contributed by atoms with Crippen LogP contribution in [0.1, 0.15) is 43.6 Å². The Labute approximate surface area is 171 Å². The number of anilines is 2. The van der Waals surface area contributed by atoms with E-state index in [9.17, 15) is 0 Å². The molecule has 1 saturated carbocycles. The lowest BCUT2D eigenvalue weighted by Gasteiger charge is -2.22. The van der Waals surface area contributed by atoms with Gasteiger partial charge in [0, 0.05) is 16.8 Å². The molecule has 5 aromatic carbocycles. The standard InChI is InChI=1S/C28H25N/c1-2-5-19(6-3-1)20-11-15-24(16-12-20)29-26-18-14-23-10-9-21-7-4-8-22-13-17-25(26)28(23)27(21)22/h4,7-19,29H,1-3,5-6H2. The van der Waals surface area contributed by atoms with Crippen LogP contribution in [-0.2, 0) is 0 Å². The summed E-state index contributed by atoms with van der Waals surface area (Å²) >= 11 is 0. The topological polar surface area (TPSA) is 12.0 Å². The molecule has 1 aliphatic rings. The van der Waals surface area contributed by atoms with Gasteiger partial charge in [-0.25, -0.2) is 0 Å². The maximum atomic E-state index is 3.69. The zero-order valence-corrected chi connectivity index (χ0v) is 16.6. The van der Waals surface area contributed by atoms with Crippen LogP contribution in [0.4, 0.5) is 11.4 Å². The lowest BCUT2D eigenvalue weighted by Crippen LogP contribution is -2.04. The highest BCUT2D eigenvalue weighted by molar-refractivity contribution is 6.25. The summed E-state index contributed by atoms with van der Waals surface area (Å²) in [4.78, 5) is 0. The smallest absolute Gasteiger partial charge is 0.0464 e. The monoisotopic (exact) mass is 375 g/mol. The Bertz CT molecular complexity index is 1280. The maximum Gasteiger partial charge on any atom is 0.0464 e. The van der Waals surface area contributed by atoms with Gasteiger partial charge in [-0.05, 0) is 69.5 Å². The summed E-state index contributed by atoms with van der Waals surface area (Å²) in [5.41, 5.74) is 3.85. The first-order valence-corrected chi connectivity index (χ1v) is 10.9. The third-order valence-corrected chi connectivity index (χ3v) is 6.79. The van der Waals surface area contributed by atoms with Crippen molar-refractivity contribution in [2.75, 3.05) is 5.32 Å². The summed E-state index contributed by atoms with van der Waals surface area (Å²) in [6.45, 7) is 0. The van der Waals surface area contributed by atoms with Crippen LogP contribution in [0.15, 0.2) is 78.9 Å². The first-order chi connectivity index (χ1) is 14.4. The molecule has 6 rings (SSSR count). The Kier molecular flexibility index (Phi) is 3.94. The average molecular weight is 376 g/mol. The third-order valence-electron chi connectivity index (χ3n) is 6.79. The highest BCUT2D eigenvalue weighted by Gasteiger charge is 2.15. The van der Waals surface area contributed by atoms with E-state index in [1.807, 2.05) is 0 Å². The minimum absolute atomic E-state index is 0.757. The van der Waals surface area contributed by atoms with Crippen molar-refractivity contribution in [3.05, 3.63) is 84.4 Å². The van der Waals surface area contributed by atoms with E-state index in [2.05, 4.69) is 84.2 Å². The van der Waals surface area contributed by atoms with Crippen molar-refractivity contribution >= 4 is 43.7 Å². The van der Waals surface area contributed by atoms with Gasteiger partial charge in [-0.3, -0.25) is 0 Å². The van der Waals surface area contributed by atoms with Gasteiger partial charge in [0.1, 0.15) is 0 Å². The fourth-order valence-electron chi connectivity index (χ4n) is 5.27. The van der Waals surface area contributed by atoms with Crippen LogP contribution in [0.3, 0.4) is 0 Å². The molecule has 5 aromatic rings. The zero-order chi connectivity index (χ0) is 19.2. The molecule has 0 bridgehead atoms. The summed E-state index contributed by atoms with van der Waals surface area (Å²) in [6, 6.07) is 29.2. The summed E-state index contributed by atoms with van der Waals surface area (Å²) in [5, 5.41) is 11.7. The van der Waals surface area contributed by atoms with Crippen molar-refractivity contribution in [3.8, 4) is 0 Å². The molecule has 0 amide bonds. The largest absolute Gasteiger partial charge is 0.355 e. The molecule has 0 atom stereocenters. The maximum absolute atomic E-state index is 3.69. The van der Waals surface area contributed by atoms with Crippen LogP contribution in [-0.4, -0.2) is 0 Å². The zero-order valence-electron chi connectivity index (χ0n) is 16.6. The number of rotatable bonds is 3. The molecule has 142 valence electrons. The van der Waals surface area contributed by atoms with E-state index in [-0.39, 0.29) is 0 Å². The normalized spacial score (nSPS) is 15.4. The number of benzene rings is 5. The molecule has 0 heterocycles. The van der Waals surface area contributed by atoms with Crippen LogP contribution in [0.2, 0.25) is 0 Å². The third kappa shape index (κ3) is 2.84. The molecule has 0 aromatic heterocycles. The van der Waals surface area contributed by atoms with Crippen LogP contribution in [0, 0.1) is 0 Å². The van der Waals surface area contributed by atoms with Gasteiger partial charge in [0.05, 0.1) is 0 Å². The van der Waals surface area contributed by atoms with Crippen molar-refractivity contribution in [2.24, 2.45) is 0 Å². The lowest BCUT2D eigenvalue weighted by molar-refractivity contribution is 0.443. The van der Waals surface area contributed by atoms with Crippen molar-refractivity contribution < 1.29 is 0 Å². The SMILES string of the molecule is c1cc2ccc3ccc(Nc4ccc(C5CCCCC5)cc4)c4ccc(c1)c2c34. The van der Waals surface area contributed by atoms with Gasteiger partial charge in [0.15, 0.2) is 0 Å². The van der Waals surface area contributed by atoms with Gasteiger partial charge in [0.2, 0.25) is 0 Å². The number of nitrogens with one attached hydrogen (secondary N) is 1. The summed E-state index contributed by atoms with van der Waals surface area (Å²) in [7, 11) is 0. The van der Waals surface area contributed by atoms with E-state index in [4.69, 9.17) is 0 Å². The molecule has 0 radical (unpaired) electrons. The summed E-state index contributed by atoms with van der Waals surface area (Å²) < 4.78 is 0. The molecule has 0 aliphatic heterocycles. The highest BCUT2D eigenvalue weighted by atomic mass is 14.9. The predicted molar refractivity (Wildman–Crippen MR) is 126 cm³/mol. The Balaban J connectivity index is 1.40. The lowest BCUT2D eigenvalue weighted by atomic mass is 9.84. The van der Waals surface area contributed by atoms with Crippen molar-refractivity contribution in [1.29, 1.82) is 0 Å². The van der Waals surface area contributed by atoms with Gasteiger partial charge in [0.25, 0.3) is 0 Å². The van der Waals surface area contributed by atoms with E-state index in [0.29, 0.717) is 0 Å². The van der Waals surface area contributed by atoms with Crippen molar-refractivity contribution in [3.63, 3.8) is 0 Å². The molecule has 29 heavy (non-hydrogen) atoms. The molecule has 0 spiro atoms. The minimum atomic E-state index is 0.757. The fraction of sp³-hybridized carbons (Fsp3) is 0.214. The van der Waals surface area contributed by atoms with Crippen molar-refractivity contribution in [2.45, 2.75) is 38.0 Å². The number of hydrogen-bond acceptors (Lipinski definition) is 1. The van der Waals surface area contributed by atoms with E-state index in [0.717, 1.165) is 5.92 Å². The summed E-state index contributed by atoms with van der Waals surface area (Å²) in [5.74, 6) is 0.757. The Morgan fingerprint density at radius 1 is 0.586 bits per heavy atom. The van der Waals surface area contributed by atoms with Gasteiger partial charge >= 0.3 is 0 Å². The van der Waals surface area contributed by atoms with Crippen LogP contribution in [0.5, 0.6) is 0 Å². The Hall–Kier alpha value is -3.06. The molecule has 1 heteroatoms. The Morgan fingerprint density at radius 2 is 1.24 bits per heavy atom.